The van der Waals surface area contributed by atoms with Gasteiger partial charge in [-0.1, -0.05) is 24.3 Å². The summed E-state index contributed by atoms with van der Waals surface area (Å²) >= 11 is 0. The maximum Gasteiger partial charge on any atom is 0.120 e. The molecule has 0 atom stereocenters. The first-order chi connectivity index (χ1) is 8.93. The second-order valence-corrected chi connectivity index (χ2v) is 4.16. The van der Waals surface area contributed by atoms with Gasteiger partial charge >= 0.3 is 0 Å². The molecule has 4 nitrogen and oxygen atoms in total. The van der Waals surface area contributed by atoms with Crippen molar-refractivity contribution < 1.29 is 0 Å². The molecule has 0 radical (unpaired) electrons. The zero-order chi connectivity index (χ0) is 12.2. The van der Waals surface area contributed by atoms with Crippen LogP contribution in [0.4, 0.5) is 0 Å². The molecule has 0 saturated heterocycles. The van der Waals surface area contributed by atoms with E-state index in [0.29, 0.717) is 0 Å². The molecule has 3 aromatic rings. The Kier molecular flexibility index (Phi) is 3.02. The molecular weight excluding hydrogens is 224 g/mol. The standard InChI is InChI=1S/C14H14N4/c1-2-4-13-11(3-1)7-15-8-12(13)9-16-10-14-17-5-6-18-14/h1-8,16H,9-10H2,(H,17,18). The van der Waals surface area contributed by atoms with E-state index in [0.717, 1.165) is 18.9 Å². The smallest absolute Gasteiger partial charge is 0.120 e. The Morgan fingerprint density at radius 3 is 2.94 bits per heavy atom. The first-order valence-electron chi connectivity index (χ1n) is 5.94. The number of benzene rings is 1. The van der Waals surface area contributed by atoms with E-state index in [1.165, 1.54) is 16.3 Å². The summed E-state index contributed by atoms with van der Waals surface area (Å²) < 4.78 is 0. The molecule has 18 heavy (non-hydrogen) atoms. The second-order valence-electron chi connectivity index (χ2n) is 4.16. The lowest BCUT2D eigenvalue weighted by Crippen LogP contribution is -2.14. The fraction of sp³-hybridized carbons (Fsp3) is 0.143. The number of imidazole rings is 1. The third kappa shape index (κ3) is 2.24. The summed E-state index contributed by atoms with van der Waals surface area (Å²) in [7, 11) is 0. The van der Waals surface area contributed by atoms with Gasteiger partial charge in [0, 0.05) is 36.7 Å². The van der Waals surface area contributed by atoms with Crippen LogP contribution in [0.5, 0.6) is 0 Å². The average molecular weight is 238 g/mol. The summed E-state index contributed by atoms with van der Waals surface area (Å²) in [4.78, 5) is 11.5. The topological polar surface area (TPSA) is 53.6 Å². The first kappa shape index (κ1) is 10.9. The van der Waals surface area contributed by atoms with Crippen LogP contribution < -0.4 is 5.32 Å². The summed E-state index contributed by atoms with van der Waals surface area (Å²) in [6.07, 6.45) is 7.40. The second kappa shape index (κ2) is 4.98. The first-order valence-corrected chi connectivity index (χ1v) is 5.94. The highest BCUT2D eigenvalue weighted by Gasteiger charge is 2.01. The number of nitrogens with one attached hydrogen (secondary N) is 2. The monoisotopic (exact) mass is 238 g/mol. The predicted molar refractivity (Wildman–Crippen MR) is 70.9 cm³/mol. The van der Waals surface area contributed by atoms with Gasteiger partial charge in [0.25, 0.3) is 0 Å². The summed E-state index contributed by atoms with van der Waals surface area (Å²) in [6, 6.07) is 8.29. The highest BCUT2D eigenvalue weighted by molar-refractivity contribution is 5.84. The molecule has 90 valence electrons. The lowest BCUT2D eigenvalue weighted by molar-refractivity contribution is 0.670. The van der Waals surface area contributed by atoms with Crippen LogP contribution in [-0.2, 0) is 13.1 Å². The van der Waals surface area contributed by atoms with E-state index in [1.807, 2.05) is 24.7 Å². The molecule has 0 aliphatic heterocycles. The minimum atomic E-state index is 0.732. The Hall–Kier alpha value is -2.20. The van der Waals surface area contributed by atoms with Gasteiger partial charge in [-0.3, -0.25) is 4.98 Å². The third-order valence-electron chi connectivity index (χ3n) is 2.91. The van der Waals surface area contributed by atoms with Gasteiger partial charge in [0.2, 0.25) is 0 Å². The highest BCUT2D eigenvalue weighted by Crippen LogP contribution is 2.16. The number of pyridine rings is 1. The number of fused-ring (bicyclic) bond motifs is 1. The molecule has 0 saturated carbocycles. The van der Waals surface area contributed by atoms with Gasteiger partial charge in [-0.15, -0.1) is 0 Å². The normalized spacial score (nSPS) is 10.9. The van der Waals surface area contributed by atoms with Crippen LogP contribution in [-0.4, -0.2) is 15.0 Å². The van der Waals surface area contributed by atoms with Gasteiger partial charge in [0.15, 0.2) is 0 Å². The number of hydrogen-bond donors (Lipinski definition) is 2. The van der Waals surface area contributed by atoms with Crippen LogP contribution in [0.3, 0.4) is 0 Å². The molecule has 2 heterocycles. The van der Waals surface area contributed by atoms with Crippen molar-refractivity contribution in [1.29, 1.82) is 0 Å². The Balaban J connectivity index is 1.74. The van der Waals surface area contributed by atoms with Crippen LogP contribution in [0.15, 0.2) is 49.1 Å². The maximum absolute atomic E-state index is 4.27. The van der Waals surface area contributed by atoms with Crippen molar-refractivity contribution >= 4 is 10.8 Å². The summed E-state index contributed by atoms with van der Waals surface area (Å²) in [5.74, 6) is 0.947. The zero-order valence-corrected chi connectivity index (χ0v) is 9.93. The molecule has 0 aliphatic carbocycles. The van der Waals surface area contributed by atoms with E-state index in [4.69, 9.17) is 0 Å². The van der Waals surface area contributed by atoms with E-state index in [2.05, 4.69) is 38.5 Å². The van der Waals surface area contributed by atoms with Crippen LogP contribution >= 0.6 is 0 Å². The molecule has 2 aromatic heterocycles. The van der Waals surface area contributed by atoms with Gasteiger partial charge in [0.05, 0.1) is 6.54 Å². The van der Waals surface area contributed by atoms with Crippen molar-refractivity contribution in [2.75, 3.05) is 0 Å². The SMILES string of the molecule is c1ccc2c(CNCc3ncc[nH]3)cncc2c1. The number of H-pyrrole nitrogens is 1. The van der Waals surface area contributed by atoms with E-state index in [9.17, 15) is 0 Å². The van der Waals surface area contributed by atoms with E-state index in [1.54, 1.807) is 6.20 Å². The molecule has 2 N–H and O–H groups in total. The van der Waals surface area contributed by atoms with E-state index < -0.39 is 0 Å². The highest BCUT2D eigenvalue weighted by atomic mass is 15.0. The molecule has 4 heteroatoms. The molecule has 0 unspecified atom stereocenters. The van der Waals surface area contributed by atoms with Crippen molar-refractivity contribution in [3.05, 3.63) is 60.4 Å². The lowest BCUT2D eigenvalue weighted by Gasteiger charge is -2.06. The van der Waals surface area contributed by atoms with Crippen molar-refractivity contribution in [2.45, 2.75) is 13.1 Å². The molecule has 0 spiro atoms. The average Bonchev–Trinajstić information content (AvgIpc) is 2.92. The van der Waals surface area contributed by atoms with Crippen molar-refractivity contribution in [1.82, 2.24) is 20.3 Å². The molecule has 0 aliphatic rings. The van der Waals surface area contributed by atoms with Crippen LogP contribution in [0.25, 0.3) is 10.8 Å². The van der Waals surface area contributed by atoms with E-state index >= 15 is 0 Å². The molecule has 0 fully saturated rings. The quantitative estimate of drug-likeness (QED) is 0.733. The Morgan fingerprint density at radius 2 is 2.06 bits per heavy atom. The molecule has 0 amide bonds. The Morgan fingerprint density at radius 1 is 1.11 bits per heavy atom. The van der Waals surface area contributed by atoms with Gasteiger partial charge in [0.1, 0.15) is 5.82 Å². The van der Waals surface area contributed by atoms with Gasteiger partial charge in [-0.2, -0.15) is 0 Å². The van der Waals surface area contributed by atoms with Crippen molar-refractivity contribution in [3.63, 3.8) is 0 Å². The molecule has 3 rings (SSSR count). The van der Waals surface area contributed by atoms with Gasteiger partial charge in [-0.25, -0.2) is 4.98 Å². The zero-order valence-electron chi connectivity index (χ0n) is 9.93. The number of hydrogen-bond acceptors (Lipinski definition) is 3. The van der Waals surface area contributed by atoms with Crippen LogP contribution in [0.2, 0.25) is 0 Å². The molecular formula is C14H14N4. The molecule has 1 aromatic carbocycles. The number of rotatable bonds is 4. The summed E-state index contributed by atoms with van der Waals surface area (Å²) in [5.41, 5.74) is 1.21. The van der Waals surface area contributed by atoms with Gasteiger partial charge < -0.3 is 10.3 Å². The van der Waals surface area contributed by atoms with Crippen LogP contribution in [0.1, 0.15) is 11.4 Å². The lowest BCUT2D eigenvalue weighted by atomic mass is 10.1. The fourth-order valence-corrected chi connectivity index (χ4v) is 2.03. The van der Waals surface area contributed by atoms with Crippen LogP contribution in [0, 0.1) is 0 Å². The van der Waals surface area contributed by atoms with E-state index in [-0.39, 0.29) is 0 Å². The Bertz CT molecular complexity index is 626. The number of nitrogens with zero attached hydrogens (tertiary/aromatic N) is 2. The fourth-order valence-electron chi connectivity index (χ4n) is 2.03. The predicted octanol–water partition coefficient (Wildman–Crippen LogP) is 2.25. The summed E-state index contributed by atoms with van der Waals surface area (Å²) in [6.45, 7) is 1.52. The summed E-state index contributed by atoms with van der Waals surface area (Å²) in [5, 5.41) is 5.79. The third-order valence-corrected chi connectivity index (χ3v) is 2.91. The number of aromatic amines is 1. The Labute approximate surface area is 105 Å². The molecule has 0 bridgehead atoms. The van der Waals surface area contributed by atoms with Crippen molar-refractivity contribution in [2.24, 2.45) is 0 Å². The van der Waals surface area contributed by atoms with Gasteiger partial charge in [-0.05, 0) is 10.9 Å². The number of aromatic nitrogens is 3. The minimum Gasteiger partial charge on any atom is -0.348 e. The van der Waals surface area contributed by atoms with Crippen molar-refractivity contribution in [3.8, 4) is 0 Å². The maximum atomic E-state index is 4.27. The minimum absolute atomic E-state index is 0.732. The largest absolute Gasteiger partial charge is 0.348 e.